The van der Waals surface area contributed by atoms with Crippen LogP contribution in [0.1, 0.15) is 33.9 Å². The fourth-order valence-corrected chi connectivity index (χ4v) is 2.62. The van der Waals surface area contributed by atoms with Crippen molar-refractivity contribution in [3.8, 4) is 0 Å². The van der Waals surface area contributed by atoms with Gasteiger partial charge in [0.25, 0.3) is 5.91 Å². The monoisotopic (exact) mass is 270 g/mol. The number of nitrogens with one attached hydrogen (secondary N) is 1. The van der Waals surface area contributed by atoms with E-state index in [-0.39, 0.29) is 17.6 Å². The molecule has 2 aromatic rings. The number of nitrogen functional groups attached to an aromatic ring is 1. The lowest BCUT2D eigenvalue weighted by Gasteiger charge is -2.14. The van der Waals surface area contributed by atoms with E-state index in [4.69, 9.17) is 5.73 Å². The third kappa shape index (κ3) is 2.25. The molecule has 20 heavy (non-hydrogen) atoms. The lowest BCUT2D eigenvalue weighted by Crippen LogP contribution is -2.27. The Morgan fingerprint density at radius 3 is 2.85 bits per heavy atom. The lowest BCUT2D eigenvalue weighted by atomic mass is 10.1. The van der Waals surface area contributed by atoms with Gasteiger partial charge in [-0.3, -0.25) is 4.79 Å². The summed E-state index contributed by atoms with van der Waals surface area (Å²) in [6.07, 6.45) is 1.83. The van der Waals surface area contributed by atoms with E-state index in [2.05, 4.69) is 11.4 Å². The summed E-state index contributed by atoms with van der Waals surface area (Å²) < 4.78 is 13.4. The van der Waals surface area contributed by atoms with Crippen LogP contribution in [0.15, 0.2) is 42.5 Å². The maximum Gasteiger partial charge on any atom is 0.251 e. The molecule has 1 unspecified atom stereocenters. The highest BCUT2D eigenvalue weighted by Gasteiger charge is 2.23. The third-order valence-corrected chi connectivity index (χ3v) is 3.70. The van der Waals surface area contributed by atoms with E-state index >= 15 is 0 Å². The zero-order valence-corrected chi connectivity index (χ0v) is 10.9. The second-order valence-corrected chi connectivity index (χ2v) is 5.00. The van der Waals surface area contributed by atoms with Crippen molar-refractivity contribution >= 4 is 11.6 Å². The second kappa shape index (κ2) is 4.96. The summed E-state index contributed by atoms with van der Waals surface area (Å²) in [5, 5.41) is 2.95. The number of nitrogens with two attached hydrogens (primary N) is 1. The largest absolute Gasteiger partial charge is 0.396 e. The van der Waals surface area contributed by atoms with Crippen LogP contribution in [-0.4, -0.2) is 5.91 Å². The molecule has 3 nitrogen and oxygen atoms in total. The van der Waals surface area contributed by atoms with Crippen molar-refractivity contribution in [2.24, 2.45) is 0 Å². The number of benzene rings is 2. The average molecular weight is 270 g/mol. The van der Waals surface area contributed by atoms with Crippen molar-refractivity contribution in [1.29, 1.82) is 0 Å². The first-order valence-corrected chi connectivity index (χ1v) is 6.59. The van der Waals surface area contributed by atoms with Crippen LogP contribution in [0.4, 0.5) is 10.1 Å². The molecule has 0 saturated carbocycles. The fourth-order valence-electron chi connectivity index (χ4n) is 2.62. The quantitative estimate of drug-likeness (QED) is 0.824. The van der Waals surface area contributed by atoms with Crippen molar-refractivity contribution in [2.75, 3.05) is 5.73 Å². The normalized spacial score (nSPS) is 16.8. The zero-order chi connectivity index (χ0) is 14.1. The summed E-state index contributed by atoms with van der Waals surface area (Å²) in [6, 6.07) is 12.2. The van der Waals surface area contributed by atoms with Crippen LogP contribution >= 0.6 is 0 Å². The summed E-state index contributed by atoms with van der Waals surface area (Å²) >= 11 is 0. The van der Waals surface area contributed by atoms with Crippen LogP contribution < -0.4 is 11.1 Å². The lowest BCUT2D eigenvalue weighted by molar-refractivity contribution is 0.0936. The Balaban J connectivity index is 1.79. The number of anilines is 1. The number of carbonyl (C=O) groups excluding carboxylic acids is 1. The van der Waals surface area contributed by atoms with Gasteiger partial charge in [0.15, 0.2) is 0 Å². The second-order valence-electron chi connectivity index (χ2n) is 5.00. The Kier molecular flexibility index (Phi) is 3.14. The number of rotatable bonds is 2. The molecule has 0 spiro atoms. The fraction of sp³-hybridized carbons (Fsp3) is 0.188. The van der Waals surface area contributed by atoms with Gasteiger partial charge < -0.3 is 11.1 Å². The minimum atomic E-state index is -0.565. The van der Waals surface area contributed by atoms with Gasteiger partial charge in [-0.05, 0) is 42.2 Å². The maximum absolute atomic E-state index is 13.4. The van der Waals surface area contributed by atoms with Crippen molar-refractivity contribution < 1.29 is 9.18 Å². The van der Waals surface area contributed by atoms with E-state index in [1.165, 1.54) is 23.8 Å². The first kappa shape index (κ1) is 12.7. The number of halogens is 1. The molecule has 0 aromatic heterocycles. The van der Waals surface area contributed by atoms with Gasteiger partial charge in [0, 0.05) is 5.56 Å². The van der Waals surface area contributed by atoms with Gasteiger partial charge in [0.2, 0.25) is 0 Å². The number of hydrogen-bond donors (Lipinski definition) is 2. The van der Waals surface area contributed by atoms with Crippen molar-refractivity contribution in [3.05, 3.63) is 65.0 Å². The molecule has 0 heterocycles. The van der Waals surface area contributed by atoms with Gasteiger partial charge in [0.1, 0.15) is 5.82 Å². The molecule has 2 aromatic carbocycles. The molecule has 0 radical (unpaired) electrons. The van der Waals surface area contributed by atoms with Crippen LogP contribution in [0, 0.1) is 5.82 Å². The smallest absolute Gasteiger partial charge is 0.251 e. The van der Waals surface area contributed by atoms with Crippen molar-refractivity contribution in [1.82, 2.24) is 5.32 Å². The molecule has 0 saturated heterocycles. The predicted molar refractivity (Wildman–Crippen MR) is 75.8 cm³/mol. The molecular formula is C16H15FN2O. The number of carbonyl (C=O) groups is 1. The average Bonchev–Trinajstić information content (AvgIpc) is 2.85. The topological polar surface area (TPSA) is 55.1 Å². The summed E-state index contributed by atoms with van der Waals surface area (Å²) in [5.41, 5.74) is 8.17. The minimum Gasteiger partial charge on any atom is -0.396 e. The molecule has 102 valence electrons. The molecule has 1 amide bonds. The van der Waals surface area contributed by atoms with E-state index < -0.39 is 5.82 Å². The molecule has 1 aliphatic carbocycles. The highest BCUT2D eigenvalue weighted by molar-refractivity contribution is 5.94. The molecular weight excluding hydrogens is 255 g/mol. The van der Waals surface area contributed by atoms with Gasteiger partial charge in [0.05, 0.1) is 11.7 Å². The Morgan fingerprint density at radius 1 is 1.25 bits per heavy atom. The third-order valence-electron chi connectivity index (χ3n) is 3.70. The van der Waals surface area contributed by atoms with Gasteiger partial charge in [-0.1, -0.05) is 24.3 Å². The number of fused-ring (bicyclic) bond motifs is 1. The highest BCUT2D eigenvalue weighted by atomic mass is 19.1. The van der Waals surface area contributed by atoms with E-state index in [9.17, 15) is 9.18 Å². The van der Waals surface area contributed by atoms with E-state index in [1.807, 2.05) is 18.2 Å². The van der Waals surface area contributed by atoms with Gasteiger partial charge in [-0.25, -0.2) is 4.39 Å². The molecule has 1 atom stereocenters. The Hall–Kier alpha value is -2.36. The van der Waals surface area contributed by atoms with Crippen LogP contribution in [0.2, 0.25) is 0 Å². The van der Waals surface area contributed by atoms with E-state index in [0.29, 0.717) is 5.56 Å². The number of amides is 1. The zero-order valence-electron chi connectivity index (χ0n) is 10.9. The van der Waals surface area contributed by atoms with Crippen LogP contribution in [0.25, 0.3) is 0 Å². The van der Waals surface area contributed by atoms with Gasteiger partial charge in [-0.2, -0.15) is 0 Å². The van der Waals surface area contributed by atoms with E-state index in [1.54, 1.807) is 0 Å². The molecule has 4 heteroatoms. The summed E-state index contributed by atoms with van der Waals surface area (Å²) in [6.45, 7) is 0. The molecule has 0 aliphatic heterocycles. The predicted octanol–water partition coefficient (Wildman–Crippen LogP) is 2.83. The first-order valence-electron chi connectivity index (χ1n) is 6.59. The molecule has 0 fully saturated rings. The van der Waals surface area contributed by atoms with Gasteiger partial charge in [-0.15, -0.1) is 0 Å². The molecule has 1 aliphatic rings. The minimum absolute atomic E-state index is 0.000635. The maximum atomic E-state index is 13.4. The Labute approximate surface area is 116 Å². The van der Waals surface area contributed by atoms with Gasteiger partial charge >= 0.3 is 0 Å². The molecule has 3 rings (SSSR count). The standard InChI is InChI=1S/C16H15FN2O/c17-13-9-11(5-7-14(13)18)16(20)19-15-8-6-10-3-1-2-4-12(10)15/h1-5,7,9,15H,6,8,18H2,(H,19,20). The summed E-state index contributed by atoms with van der Waals surface area (Å²) in [4.78, 5) is 12.2. The van der Waals surface area contributed by atoms with Crippen molar-refractivity contribution in [2.45, 2.75) is 18.9 Å². The Bertz CT molecular complexity index is 669. The highest BCUT2D eigenvalue weighted by Crippen LogP contribution is 2.30. The van der Waals surface area contributed by atoms with Crippen LogP contribution in [0.3, 0.4) is 0 Å². The van der Waals surface area contributed by atoms with Crippen molar-refractivity contribution in [3.63, 3.8) is 0 Å². The molecule has 0 bridgehead atoms. The number of aryl methyl sites for hydroxylation is 1. The first-order chi connectivity index (χ1) is 9.65. The number of hydrogen-bond acceptors (Lipinski definition) is 2. The SMILES string of the molecule is Nc1ccc(C(=O)NC2CCc3ccccc32)cc1F. The molecule has 3 N–H and O–H groups in total. The summed E-state index contributed by atoms with van der Waals surface area (Å²) in [7, 11) is 0. The summed E-state index contributed by atoms with van der Waals surface area (Å²) in [5.74, 6) is -0.838. The van der Waals surface area contributed by atoms with E-state index in [0.717, 1.165) is 18.4 Å². The Morgan fingerprint density at radius 2 is 2.05 bits per heavy atom. The van der Waals surface area contributed by atoms with Crippen LogP contribution in [-0.2, 0) is 6.42 Å². The van der Waals surface area contributed by atoms with Crippen LogP contribution in [0.5, 0.6) is 0 Å².